The number of rotatable bonds is 2. The Kier molecular flexibility index (Phi) is 2.68. The van der Waals surface area contributed by atoms with E-state index in [0.717, 1.165) is 4.91 Å². The number of hydrogen-bond acceptors (Lipinski definition) is 5. The van der Waals surface area contributed by atoms with E-state index in [0.29, 0.717) is 11.3 Å². The fourth-order valence-corrected chi connectivity index (χ4v) is 2.81. The third-order valence-electron chi connectivity index (χ3n) is 2.60. The molecular weight excluding hydrogens is 248 g/mol. The van der Waals surface area contributed by atoms with Crippen LogP contribution in [0.15, 0.2) is 52.7 Å². The zero-order valence-electron chi connectivity index (χ0n) is 9.24. The Balaban J connectivity index is 1.87. The number of aromatic nitrogens is 1. The van der Waals surface area contributed by atoms with Crippen LogP contribution in [0.3, 0.4) is 0 Å². The topological polar surface area (TPSA) is 59.4 Å². The number of Topliss-reactive ketones (excluding diaryl/α,β-unsaturated/α-hetero) is 1. The molecule has 1 aliphatic carbocycles. The van der Waals surface area contributed by atoms with Crippen molar-refractivity contribution >= 4 is 29.0 Å². The minimum atomic E-state index is -0.508. The Morgan fingerprint density at radius 3 is 3.00 bits per heavy atom. The number of carbonyl (C=O) groups excluding carboxylic acids is 2. The first-order valence-corrected chi connectivity index (χ1v) is 6.25. The lowest BCUT2D eigenvalue weighted by molar-refractivity contribution is -0.110. The number of carbonyl (C=O) groups is 2. The van der Waals surface area contributed by atoms with E-state index < -0.39 is 5.37 Å². The van der Waals surface area contributed by atoms with Gasteiger partial charge in [0.25, 0.3) is 0 Å². The van der Waals surface area contributed by atoms with Gasteiger partial charge in [0.2, 0.25) is 0 Å². The predicted molar refractivity (Wildman–Crippen MR) is 69.6 cm³/mol. The number of nitrogens with zero attached hydrogens (tertiary/aromatic N) is 2. The standard InChI is InChI=1S/C13H8N2O2S/c16-9-3-4-10-11(6-9)18-13(15-10)12(17)8-2-1-5-14-7-8/h1-7,13H. The molecule has 0 bridgehead atoms. The van der Waals surface area contributed by atoms with Gasteiger partial charge in [0.1, 0.15) is 0 Å². The molecule has 3 rings (SSSR count). The second-order valence-corrected chi connectivity index (χ2v) is 4.96. The van der Waals surface area contributed by atoms with Crippen LogP contribution in [-0.4, -0.2) is 27.6 Å². The number of aliphatic imine (C=N–C) groups is 1. The van der Waals surface area contributed by atoms with Gasteiger partial charge < -0.3 is 0 Å². The fraction of sp³-hybridized carbons (Fsp3) is 0.0769. The molecule has 5 heteroatoms. The highest BCUT2D eigenvalue weighted by molar-refractivity contribution is 8.05. The van der Waals surface area contributed by atoms with E-state index in [9.17, 15) is 9.59 Å². The third-order valence-corrected chi connectivity index (χ3v) is 3.72. The Morgan fingerprint density at radius 2 is 2.22 bits per heavy atom. The average molecular weight is 256 g/mol. The fourth-order valence-electron chi connectivity index (χ4n) is 1.73. The van der Waals surface area contributed by atoms with Crippen molar-refractivity contribution in [1.29, 1.82) is 0 Å². The molecule has 18 heavy (non-hydrogen) atoms. The maximum absolute atomic E-state index is 12.2. The Hall–Kier alpha value is -2.01. The predicted octanol–water partition coefficient (Wildman–Crippen LogP) is 1.80. The van der Waals surface area contributed by atoms with Gasteiger partial charge in [0.15, 0.2) is 16.9 Å². The second kappa shape index (κ2) is 4.34. The number of thioether (sulfide) groups is 1. The van der Waals surface area contributed by atoms with Crippen molar-refractivity contribution in [1.82, 2.24) is 4.98 Å². The molecule has 0 amide bonds. The van der Waals surface area contributed by atoms with Gasteiger partial charge in [-0.25, -0.2) is 0 Å². The average Bonchev–Trinajstić information content (AvgIpc) is 2.81. The molecule has 0 saturated carbocycles. The van der Waals surface area contributed by atoms with Crippen molar-refractivity contribution in [3.8, 4) is 0 Å². The van der Waals surface area contributed by atoms with Gasteiger partial charge in [-0.3, -0.25) is 19.6 Å². The molecule has 0 radical (unpaired) electrons. The van der Waals surface area contributed by atoms with Gasteiger partial charge in [-0.15, -0.1) is 0 Å². The highest BCUT2D eigenvalue weighted by atomic mass is 32.2. The van der Waals surface area contributed by atoms with E-state index in [1.165, 1.54) is 30.1 Å². The van der Waals surface area contributed by atoms with Crippen LogP contribution in [0.5, 0.6) is 0 Å². The van der Waals surface area contributed by atoms with Crippen molar-refractivity contribution in [2.75, 3.05) is 0 Å². The Labute approximate surface area is 108 Å². The van der Waals surface area contributed by atoms with Gasteiger partial charge >= 0.3 is 0 Å². The highest BCUT2D eigenvalue weighted by Gasteiger charge is 2.30. The molecular formula is C13H8N2O2S. The lowest BCUT2D eigenvalue weighted by atomic mass is 10.1. The van der Waals surface area contributed by atoms with E-state index in [1.807, 2.05) is 0 Å². The van der Waals surface area contributed by atoms with Gasteiger partial charge in [0.05, 0.1) is 5.71 Å². The minimum Gasteiger partial charge on any atom is -0.291 e. The van der Waals surface area contributed by atoms with E-state index in [-0.39, 0.29) is 11.6 Å². The number of allylic oxidation sites excluding steroid dienone is 4. The molecule has 1 aliphatic heterocycles. The van der Waals surface area contributed by atoms with E-state index in [1.54, 1.807) is 24.4 Å². The maximum atomic E-state index is 12.2. The SMILES string of the molecule is O=C1C=CC2=NC(C(=O)c3cccnc3)SC2=C1. The first-order chi connectivity index (χ1) is 8.74. The van der Waals surface area contributed by atoms with Gasteiger partial charge in [-0.1, -0.05) is 11.8 Å². The van der Waals surface area contributed by atoms with E-state index in [4.69, 9.17) is 0 Å². The van der Waals surface area contributed by atoms with Gasteiger partial charge in [0, 0.05) is 28.9 Å². The van der Waals surface area contributed by atoms with E-state index >= 15 is 0 Å². The summed E-state index contributed by atoms with van der Waals surface area (Å²) in [4.78, 5) is 32.4. The van der Waals surface area contributed by atoms with Gasteiger partial charge in [-0.05, 0) is 24.3 Å². The summed E-state index contributed by atoms with van der Waals surface area (Å²) in [5, 5.41) is -0.508. The van der Waals surface area contributed by atoms with Crippen LogP contribution in [0.4, 0.5) is 0 Å². The first kappa shape index (κ1) is 11.1. The summed E-state index contributed by atoms with van der Waals surface area (Å²) in [5.41, 5.74) is 1.25. The summed E-state index contributed by atoms with van der Waals surface area (Å²) >= 11 is 1.31. The Morgan fingerprint density at radius 1 is 1.33 bits per heavy atom. The minimum absolute atomic E-state index is 0.0640. The quantitative estimate of drug-likeness (QED) is 0.598. The third kappa shape index (κ3) is 1.93. The summed E-state index contributed by atoms with van der Waals surface area (Å²) < 4.78 is 0. The normalized spacial score (nSPS) is 21.3. The Bertz CT molecular complexity index is 617. The molecule has 1 unspecified atom stereocenters. The number of hydrogen-bond donors (Lipinski definition) is 0. The summed E-state index contributed by atoms with van der Waals surface area (Å²) in [5.74, 6) is -0.150. The first-order valence-electron chi connectivity index (χ1n) is 5.37. The molecule has 1 aromatic heterocycles. The van der Waals surface area contributed by atoms with Crippen LogP contribution in [0.2, 0.25) is 0 Å². The van der Waals surface area contributed by atoms with Crippen molar-refractivity contribution in [3.05, 3.63) is 53.2 Å². The molecule has 0 spiro atoms. The van der Waals surface area contributed by atoms with Crippen molar-refractivity contribution in [3.63, 3.8) is 0 Å². The van der Waals surface area contributed by atoms with E-state index in [2.05, 4.69) is 9.98 Å². The van der Waals surface area contributed by atoms with Crippen LogP contribution in [0.25, 0.3) is 0 Å². The summed E-state index contributed by atoms with van der Waals surface area (Å²) in [7, 11) is 0. The van der Waals surface area contributed by atoms with Crippen LogP contribution in [0, 0.1) is 0 Å². The zero-order chi connectivity index (χ0) is 12.5. The van der Waals surface area contributed by atoms with Crippen LogP contribution in [-0.2, 0) is 4.79 Å². The molecule has 2 heterocycles. The number of ketones is 2. The molecule has 2 aliphatic rings. The lowest BCUT2D eigenvalue weighted by Gasteiger charge is -2.04. The molecule has 88 valence electrons. The van der Waals surface area contributed by atoms with Gasteiger partial charge in [-0.2, -0.15) is 0 Å². The van der Waals surface area contributed by atoms with Crippen molar-refractivity contribution in [2.45, 2.75) is 5.37 Å². The summed E-state index contributed by atoms with van der Waals surface area (Å²) in [6.45, 7) is 0. The molecule has 0 aromatic carbocycles. The smallest absolute Gasteiger partial charge is 0.199 e. The largest absolute Gasteiger partial charge is 0.291 e. The van der Waals surface area contributed by atoms with Crippen LogP contribution in [0.1, 0.15) is 10.4 Å². The van der Waals surface area contributed by atoms with Crippen LogP contribution >= 0.6 is 11.8 Å². The molecule has 0 N–H and O–H groups in total. The summed E-state index contributed by atoms with van der Waals surface area (Å²) in [6, 6.07) is 3.43. The number of fused-ring (bicyclic) bond motifs is 1. The maximum Gasteiger partial charge on any atom is 0.199 e. The molecule has 0 saturated heterocycles. The van der Waals surface area contributed by atoms with Crippen molar-refractivity contribution < 1.29 is 9.59 Å². The number of pyridine rings is 1. The summed E-state index contributed by atoms with van der Waals surface area (Å²) in [6.07, 6.45) is 7.77. The lowest BCUT2D eigenvalue weighted by Crippen LogP contribution is -2.12. The highest BCUT2D eigenvalue weighted by Crippen LogP contribution is 2.35. The molecule has 4 nitrogen and oxygen atoms in total. The van der Waals surface area contributed by atoms with Crippen LogP contribution < -0.4 is 0 Å². The zero-order valence-corrected chi connectivity index (χ0v) is 10.1. The molecule has 1 aromatic rings. The molecule has 0 fully saturated rings. The second-order valence-electron chi connectivity index (χ2n) is 3.83. The monoisotopic (exact) mass is 256 g/mol. The van der Waals surface area contributed by atoms with Crippen molar-refractivity contribution in [2.24, 2.45) is 4.99 Å². The molecule has 1 atom stereocenters.